The van der Waals surface area contributed by atoms with Gasteiger partial charge in [0.25, 0.3) is 0 Å². The maximum absolute atomic E-state index is 14.6. The smallest absolute Gasteiger partial charge is 0.308 e. The number of ether oxygens (including phenoxy) is 15. The van der Waals surface area contributed by atoms with Gasteiger partial charge < -0.3 is 86.4 Å². The van der Waals surface area contributed by atoms with E-state index < -0.39 is 72.8 Å². The van der Waals surface area contributed by atoms with Crippen molar-refractivity contribution in [3.05, 3.63) is 24.3 Å². The zero-order valence-corrected chi connectivity index (χ0v) is 46.9. The minimum absolute atomic E-state index is 0.0164. The van der Waals surface area contributed by atoms with Crippen molar-refractivity contribution >= 4 is 5.97 Å². The zero-order chi connectivity index (χ0) is 54.4. The summed E-state index contributed by atoms with van der Waals surface area (Å²) in [6, 6.07) is 0. The van der Waals surface area contributed by atoms with Crippen molar-refractivity contribution in [2.75, 3.05) is 13.7 Å². The van der Waals surface area contributed by atoms with E-state index in [2.05, 4.69) is 40.9 Å². The Labute approximate surface area is 464 Å². The lowest BCUT2D eigenvalue weighted by molar-refractivity contribution is -0.354. The number of hydrogen-bond donors (Lipinski definition) is 3. The molecule has 0 saturated carbocycles. The Morgan fingerprint density at radius 2 is 1.23 bits per heavy atom. The molecule has 1 unspecified atom stereocenters. The summed E-state index contributed by atoms with van der Waals surface area (Å²) in [4.78, 5) is 14.6. The van der Waals surface area contributed by atoms with E-state index >= 15 is 0 Å². The molecule has 15 rings (SSSR count). The molecule has 3 spiro atoms. The quantitative estimate of drug-likeness (QED) is 0.239. The molecule has 31 atom stereocenters. The van der Waals surface area contributed by atoms with Crippen molar-refractivity contribution in [3.8, 4) is 0 Å². The van der Waals surface area contributed by atoms with Crippen molar-refractivity contribution in [1.29, 1.82) is 0 Å². The second kappa shape index (κ2) is 21.1. The third kappa shape index (κ3) is 9.98. The van der Waals surface area contributed by atoms with Gasteiger partial charge in [-0.05, 0) is 73.8 Å². The molecule has 0 aromatic rings. The molecule has 442 valence electrons. The van der Waals surface area contributed by atoms with Crippen LogP contribution in [0, 0.1) is 23.7 Å². The van der Waals surface area contributed by atoms with Crippen LogP contribution < -0.4 is 0 Å². The molecular formula is C60H88O19. The molecule has 15 aliphatic heterocycles. The van der Waals surface area contributed by atoms with Crippen LogP contribution in [0.4, 0.5) is 0 Å². The Morgan fingerprint density at radius 1 is 0.557 bits per heavy atom. The first-order valence-corrected chi connectivity index (χ1v) is 30.7. The topological polar surface area (TPSA) is 216 Å². The third-order valence-corrected chi connectivity index (χ3v) is 21.6. The van der Waals surface area contributed by atoms with E-state index in [1.807, 2.05) is 0 Å². The molecule has 0 radical (unpaired) electrons. The number of fused-ring (bicyclic) bond motifs is 10. The predicted molar refractivity (Wildman–Crippen MR) is 276 cm³/mol. The fourth-order valence-electron chi connectivity index (χ4n) is 17.7. The number of aliphatic hydroxyl groups excluding tert-OH is 3. The second-order valence-corrected chi connectivity index (χ2v) is 27.2. The maximum Gasteiger partial charge on any atom is 0.308 e. The van der Waals surface area contributed by atoms with Crippen LogP contribution in [0.15, 0.2) is 24.3 Å². The van der Waals surface area contributed by atoms with Crippen LogP contribution in [-0.2, 0) is 75.8 Å². The highest BCUT2D eigenvalue weighted by molar-refractivity contribution is 5.70. The van der Waals surface area contributed by atoms with Gasteiger partial charge in [0.15, 0.2) is 17.4 Å². The molecule has 15 heterocycles. The summed E-state index contributed by atoms with van der Waals surface area (Å²) in [6.07, 6.45) is 2.09. The number of carbonyl (C=O) groups excluding carboxylic acids is 1. The number of rotatable bonds is 5. The molecule has 0 aromatic heterocycles. The van der Waals surface area contributed by atoms with E-state index in [9.17, 15) is 20.1 Å². The molecule has 79 heavy (non-hydrogen) atoms. The minimum atomic E-state index is -1.02. The van der Waals surface area contributed by atoms with Crippen LogP contribution in [0.2, 0.25) is 0 Å². The molecule has 3 N–H and O–H groups in total. The molecule has 0 aliphatic carbocycles. The maximum atomic E-state index is 14.6. The summed E-state index contributed by atoms with van der Waals surface area (Å²) in [5, 5.41) is 30.3. The Morgan fingerprint density at radius 3 is 2.04 bits per heavy atom. The van der Waals surface area contributed by atoms with Crippen LogP contribution in [0.1, 0.15) is 143 Å². The fraction of sp³-hybridized carbons (Fsp3) is 0.917. The first-order chi connectivity index (χ1) is 37.9. The highest BCUT2D eigenvalue weighted by atomic mass is 16.8. The molecular weight excluding hydrogens is 1020 g/mol. The van der Waals surface area contributed by atoms with E-state index in [0.29, 0.717) is 70.6 Å². The van der Waals surface area contributed by atoms with Crippen LogP contribution in [0.25, 0.3) is 0 Å². The molecule has 0 amide bonds. The van der Waals surface area contributed by atoms with E-state index in [-0.39, 0.29) is 140 Å². The standard InChI is InChI=1S/C60H88O19/c1-27-14-34-8-10-38-28(2)15-36(66-38)12-13-58-24-48(76-58)55-56(65-7)57(79-58)54-39(70-55)11-9-35(68-54)17-49(64)73-53-32(6)52-44(69-43(53)18-40(67-34)31(27)5)20-42-46(72-52)23-60(74-42)25-47-51(78-60)30(4)22-59(77-47)21-29(3)50-45(75-59)19-41(71-50)37(63)16-33(62)26-61/h27,29-30,32-48,50-57,61-63H,2,5,8-26H2,1,3-4,6-7H3/t27-,29+,30+,32+,33-,34+,35-,36+,37+,38+,39+,40-,41+,42-,43+,44+,45+,46-,47+,48?,50+,51+,52+,53-,54+,55+,56-,57+,58+,59-,60+/m1/s1. The van der Waals surface area contributed by atoms with Gasteiger partial charge in [0, 0.05) is 77.2 Å². The van der Waals surface area contributed by atoms with Gasteiger partial charge in [-0.1, -0.05) is 40.9 Å². The van der Waals surface area contributed by atoms with Gasteiger partial charge in [0.05, 0.1) is 129 Å². The van der Waals surface area contributed by atoms with Crippen molar-refractivity contribution in [2.45, 2.75) is 307 Å². The third-order valence-electron chi connectivity index (χ3n) is 21.6. The van der Waals surface area contributed by atoms with E-state index in [1.54, 1.807) is 7.11 Å². The number of hydrogen-bond acceptors (Lipinski definition) is 19. The first kappa shape index (κ1) is 55.2. The summed E-state index contributed by atoms with van der Waals surface area (Å²) in [7, 11) is 1.70. The first-order valence-electron chi connectivity index (χ1n) is 30.7. The fourth-order valence-corrected chi connectivity index (χ4v) is 17.7. The van der Waals surface area contributed by atoms with Gasteiger partial charge in [-0.25, -0.2) is 0 Å². The largest absolute Gasteiger partial charge is 0.459 e. The Balaban J connectivity index is 0.684. The van der Waals surface area contributed by atoms with E-state index in [4.69, 9.17) is 71.1 Å². The summed E-state index contributed by atoms with van der Waals surface area (Å²) in [5.41, 5.74) is 2.14. The second-order valence-electron chi connectivity index (χ2n) is 27.2. The summed E-state index contributed by atoms with van der Waals surface area (Å²) in [6.45, 7) is 17.4. The minimum Gasteiger partial charge on any atom is -0.459 e. The highest BCUT2D eigenvalue weighted by Gasteiger charge is 2.67. The van der Waals surface area contributed by atoms with Crippen LogP contribution >= 0.6 is 0 Å². The van der Waals surface area contributed by atoms with Gasteiger partial charge in [-0.2, -0.15) is 0 Å². The van der Waals surface area contributed by atoms with Gasteiger partial charge in [0.1, 0.15) is 30.5 Å². The summed E-state index contributed by atoms with van der Waals surface area (Å²) in [5.74, 6) is -2.75. The molecule has 19 heteroatoms. The highest BCUT2D eigenvalue weighted by Crippen LogP contribution is 2.57. The van der Waals surface area contributed by atoms with Gasteiger partial charge in [-0.15, -0.1) is 0 Å². The van der Waals surface area contributed by atoms with E-state index in [1.165, 1.54) is 0 Å². The summed E-state index contributed by atoms with van der Waals surface area (Å²) >= 11 is 0. The molecule has 0 aromatic carbocycles. The zero-order valence-electron chi connectivity index (χ0n) is 46.9. The number of methoxy groups -OCH3 is 1. The summed E-state index contributed by atoms with van der Waals surface area (Å²) < 4.78 is 103. The lowest BCUT2D eigenvalue weighted by Crippen LogP contribution is -2.63. The predicted octanol–water partition coefficient (Wildman–Crippen LogP) is 5.17. The lowest BCUT2D eigenvalue weighted by Gasteiger charge is -2.50. The molecule has 15 aliphatic rings. The Bertz CT molecular complexity index is 2280. The molecule has 15 saturated heterocycles. The van der Waals surface area contributed by atoms with Crippen molar-refractivity contribution in [3.63, 3.8) is 0 Å². The van der Waals surface area contributed by atoms with Crippen molar-refractivity contribution < 1.29 is 91.2 Å². The van der Waals surface area contributed by atoms with E-state index in [0.717, 1.165) is 43.3 Å². The van der Waals surface area contributed by atoms with Gasteiger partial charge in [-0.3, -0.25) is 4.79 Å². The lowest BCUT2D eigenvalue weighted by atomic mass is 9.79. The number of esters is 1. The van der Waals surface area contributed by atoms with Crippen molar-refractivity contribution in [1.82, 2.24) is 0 Å². The normalized spacial score (nSPS) is 55.7. The Hall–Kier alpha value is -1.73. The van der Waals surface area contributed by atoms with Gasteiger partial charge >= 0.3 is 5.97 Å². The molecule has 10 bridgehead atoms. The number of carbonyl (C=O) groups is 1. The molecule has 15 fully saturated rings. The van der Waals surface area contributed by atoms with Gasteiger partial charge in [0.2, 0.25) is 0 Å². The van der Waals surface area contributed by atoms with Crippen LogP contribution in [0.5, 0.6) is 0 Å². The Kier molecular flexibility index (Phi) is 14.7. The van der Waals surface area contributed by atoms with Crippen LogP contribution in [-0.4, -0.2) is 199 Å². The SMILES string of the molecule is C=C1C[C@@H]2CC[C@]34CC(O3)[C@@H]3O[C@H]5CC[C@H](CC(=O)O[C@@H]6[C@@H](C)[C@@H]7O[C@@H]8C[C@]9(C[C@@H]%10O[C@]%11(C[C@H](C)[C@@H]%12O[C@H]([C@@H](O)C[C@@H](O)CO)C[C@@H]%12O%11)C[C@H](C)[C@@H]%10O9)O[C@@H]8C[C@@H]7O[C@H]6C[C@H]6O[C@@H](CC[C@@H]1O2)C[C@@H](C)C6=C)O[C@@H]5[C@H](O4)[C@@H]3OC. The van der Waals surface area contributed by atoms with Crippen LogP contribution in [0.3, 0.4) is 0 Å². The average Bonchev–Trinajstić information content (AvgIpc) is 3.97. The molecule has 19 nitrogen and oxygen atoms in total. The number of aliphatic hydroxyl groups is 3. The van der Waals surface area contributed by atoms with Crippen molar-refractivity contribution in [2.24, 2.45) is 23.7 Å². The average molecular weight is 1110 g/mol. The monoisotopic (exact) mass is 1110 g/mol.